The molecule has 1 spiro atoms. The lowest BCUT2D eigenvalue weighted by molar-refractivity contribution is -0.192. The molecule has 3 nitrogen and oxygen atoms in total. The molecule has 5 atom stereocenters. The first-order valence-corrected chi connectivity index (χ1v) is 8.83. The lowest BCUT2D eigenvalue weighted by Crippen LogP contribution is -2.40. The fourth-order valence-corrected chi connectivity index (χ4v) is 5.66. The molecule has 1 aliphatic heterocycles. The monoisotopic (exact) mass is 312 g/mol. The third-order valence-electron chi connectivity index (χ3n) is 6.69. The van der Waals surface area contributed by atoms with Crippen molar-refractivity contribution >= 4 is 0 Å². The van der Waals surface area contributed by atoms with E-state index < -0.39 is 0 Å². The highest BCUT2D eigenvalue weighted by atomic mass is 16.7. The summed E-state index contributed by atoms with van der Waals surface area (Å²) in [6.45, 7) is 6.00. The molecule has 1 heterocycles. The van der Waals surface area contributed by atoms with Gasteiger partial charge in [-0.2, -0.15) is 0 Å². The fourth-order valence-electron chi connectivity index (χ4n) is 5.66. The molecule has 4 fully saturated rings. The Hall–Kier alpha value is -1.32. The van der Waals surface area contributed by atoms with Gasteiger partial charge in [0.1, 0.15) is 5.75 Å². The van der Waals surface area contributed by atoms with Crippen molar-refractivity contribution in [3.8, 4) is 5.75 Å². The van der Waals surface area contributed by atoms with Crippen molar-refractivity contribution < 1.29 is 14.2 Å². The van der Waals surface area contributed by atoms with Crippen molar-refractivity contribution in [1.29, 1.82) is 0 Å². The Kier molecular flexibility index (Phi) is 2.96. The molecule has 0 unspecified atom stereocenters. The van der Waals surface area contributed by atoms with Gasteiger partial charge in [-0.1, -0.05) is 24.3 Å². The summed E-state index contributed by atoms with van der Waals surface area (Å²) in [7, 11) is 1.72. The van der Waals surface area contributed by atoms with E-state index in [1.807, 2.05) is 0 Å². The van der Waals surface area contributed by atoms with Crippen LogP contribution in [-0.2, 0) is 9.47 Å². The average Bonchev–Trinajstić information content (AvgIpc) is 3.08. The maximum atomic E-state index is 5.99. The van der Waals surface area contributed by atoms with E-state index in [0.717, 1.165) is 37.7 Å². The van der Waals surface area contributed by atoms with Crippen LogP contribution in [0.3, 0.4) is 0 Å². The Morgan fingerprint density at radius 3 is 2.57 bits per heavy atom. The summed E-state index contributed by atoms with van der Waals surface area (Å²) < 4.78 is 17.3. The van der Waals surface area contributed by atoms with Crippen LogP contribution in [0.1, 0.15) is 30.7 Å². The summed E-state index contributed by atoms with van der Waals surface area (Å²) in [5.41, 5.74) is 2.93. The molecule has 1 aromatic carbocycles. The van der Waals surface area contributed by atoms with Crippen LogP contribution in [0.5, 0.6) is 5.75 Å². The first-order chi connectivity index (χ1) is 11.2. The third kappa shape index (κ3) is 1.96. The highest BCUT2D eigenvalue weighted by molar-refractivity contribution is 5.42. The maximum Gasteiger partial charge on any atom is 0.168 e. The summed E-state index contributed by atoms with van der Waals surface area (Å²) in [4.78, 5) is 0. The van der Waals surface area contributed by atoms with Gasteiger partial charge in [-0.05, 0) is 53.7 Å². The highest BCUT2D eigenvalue weighted by Crippen LogP contribution is 2.72. The van der Waals surface area contributed by atoms with E-state index in [-0.39, 0.29) is 5.79 Å². The Morgan fingerprint density at radius 2 is 1.87 bits per heavy atom. The minimum atomic E-state index is -0.274. The fraction of sp³-hybridized carbons (Fsp3) is 0.600. The molecular weight excluding hydrogens is 288 g/mol. The molecule has 4 aliphatic rings. The molecule has 0 amide bonds. The lowest BCUT2D eigenvalue weighted by Gasteiger charge is -2.40. The second kappa shape index (κ2) is 4.84. The van der Waals surface area contributed by atoms with Gasteiger partial charge >= 0.3 is 0 Å². The molecule has 5 rings (SSSR count). The van der Waals surface area contributed by atoms with Gasteiger partial charge in [0.05, 0.1) is 20.3 Å². The number of benzene rings is 1. The molecule has 3 saturated carbocycles. The van der Waals surface area contributed by atoms with E-state index in [1.165, 1.54) is 17.6 Å². The van der Waals surface area contributed by atoms with Crippen LogP contribution in [0, 0.1) is 23.7 Å². The predicted octanol–water partition coefficient (Wildman–Crippen LogP) is 3.75. The minimum absolute atomic E-state index is 0.274. The first-order valence-electron chi connectivity index (χ1n) is 8.83. The average molecular weight is 312 g/mol. The van der Waals surface area contributed by atoms with Crippen molar-refractivity contribution in [3.05, 3.63) is 42.0 Å². The molecule has 0 aromatic heterocycles. The van der Waals surface area contributed by atoms with Crippen molar-refractivity contribution in [1.82, 2.24) is 0 Å². The van der Waals surface area contributed by atoms with Crippen molar-refractivity contribution in [2.24, 2.45) is 23.7 Å². The number of hydrogen-bond acceptors (Lipinski definition) is 3. The molecule has 3 aliphatic carbocycles. The van der Waals surface area contributed by atoms with Crippen LogP contribution in [0.4, 0.5) is 0 Å². The summed E-state index contributed by atoms with van der Waals surface area (Å²) in [5, 5.41) is 0. The quantitative estimate of drug-likeness (QED) is 0.778. The van der Waals surface area contributed by atoms with Gasteiger partial charge in [0.2, 0.25) is 0 Å². The second-order valence-corrected chi connectivity index (χ2v) is 7.60. The van der Waals surface area contributed by atoms with Gasteiger partial charge < -0.3 is 14.2 Å². The van der Waals surface area contributed by atoms with E-state index in [4.69, 9.17) is 14.2 Å². The van der Waals surface area contributed by atoms with Crippen LogP contribution in [-0.4, -0.2) is 26.1 Å². The van der Waals surface area contributed by atoms with E-state index in [0.29, 0.717) is 23.7 Å². The Morgan fingerprint density at radius 1 is 1.13 bits per heavy atom. The number of fused-ring (bicyclic) bond motifs is 3. The third-order valence-corrected chi connectivity index (χ3v) is 6.69. The van der Waals surface area contributed by atoms with Gasteiger partial charge in [-0.3, -0.25) is 0 Å². The Balaban J connectivity index is 1.39. The molecule has 3 heteroatoms. The van der Waals surface area contributed by atoms with Crippen LogP contribution < -0.4 is 4.74 Å². The molecule has 122 valence electrons. The van der Waals surface area contributed by atoms with Gasteiger partial charge in [0.15, 0.2) is 5.79 Å². The predicted molar refractivity (Wildman–Crippen MR) is 87.3 cm³/mol. The SMILES string of the molecule is C=C1[C@@H]2[C@@H](c3ccc(OC)cc3)[C@@H]2[C@H]2CC3(CC[C@H]12)OCCO3. The molecular formula is C20H24O3. The highest BCUT2D eigenvalue weighted by Gasteiger charge is 2.66. The Labute approximate surface area is 137 Å². The number of allylic oxidation sites excluding steroid dienone is 1. The first kappa shape index (κ1) is 14.1. The zero-order valence-corrected chi connectivity index (χ0v) is 13.7. The standard InChI is InChI=1S/C20H24O3/c1-12-15-7-8-20(22-9-10-23-20)11-16(15)19-17(12)18(19)13-3-5-14(21-2)6-4-13/h3-6,15-19H,1,7-11H2,2H3/t15-,16+,17-,18-,19-/m1/s1. The number of hydrogen-bond donors (Lipinski definition) is 0. The smallest absolute Gasteiger partial charge is 0.168 e. The van der Waals surface area contributed by atoms with Crippen LogP contribution in [0.2, 0.25) is 0 Å². The van der Waals surface area contributed by atoms with Gasteiger partial charge in [-0.25, -0.2) is 0 Å². The van der Waals surface area contributed by atoms with Crippen LogP contribution in [0.25, 0.3) is 0 Å². The topological polar surface area (TPSA) is 27.7 Å². The molecule has 1 aromatic rings. The summed E-state index contributed by atoms with van der Waals surface area (Å²) in [5.74, 6) is 4.10. The van der Waals surface area contributed by atoms with Crippen LogP contribution >= 0.6 is 0 Å². The van der Waals surface area contributed by atoms with E-state index in [9.17, 15) is 0 Å². The van der Waals surface area contributed by atoms with E-state index >= 15 is 0 Å². The van der Waals surface area contributed by atoms with Crippen molar-refractivity contribution in [2.75, 3.05) is 20.3 Å². The summed E-state index contributed by atoms with van der Waals surface area (Å²) in [6.07, 6.45) is 3.29. The minimum Gasteiger partial charge on any atom is -0.497 e. The van der Waals surface area contributed by atoms with Gasteiger partial charge in [-0.15, -0.1) is 0 Å². The van der Waals surface area contributed by atoms with Crippen molar-refractivity contribution in [2.45, 2.75) is 31.0 Å². The molecule has 0 bridgehead atoms. The van der Waals surface area contributed by atoms with Gasteiger partial charge in [0, 0.05) is 12.8 Å². The number of ether oxygens (including phenoxy) is 3. The summed E-state index contributed by atoms with van der Waals surface area (Å²) in [6, 6.07) is 8.61. The zero-order chi connectivity index (χ0) is 15.6. The van der Waals surface area contributed by atoms with Gasteiger partial charge in [0.25, 0.3) is 0 Å². The maximum absolute atomic E-state index is 5.99. The molecule has 0 N–H and O–H groups in total. The van der Waals surface area contributed by atoms with E-state index in [1.54, 1.807) is 7.11 Å². The number of rotatable bonds is 2. The largest absolute Gasteiger partial charge is 0.497 e. The van der Waals surface area contributed by atoms with Crippen LogP contribution in [0.15, 0.2) is 36.4 Å². The zero-order valence-electron chi connectivity index (χ0n) is 13.7. The lowest BCUT2D eigenvalue weighted by atomic mass is 9.72. The Bertz CT molecular complexity index is 629. The molecule has 0 radical (unpaired) electrons. The molecule has 23 heavy (non-hydrogen) atoms. The van der Waals surface area contributed by atoms with E-state index in [2.05, 4.69) is 30.8 Å². The normalized spacial score (nSPS) is 40.0. The summed E-state index contributed by atoms with van der Waals surface area (Å²) >= 11 is 0. The number of methoxy groups -OCH3 is 1. The molecule has 1 saturated heterocycles. The second-order valence-electron chi connectivity index (χ2n) is 7.60. The van der Waals surface area contributed by atoms with Crippen molar-refractivity contribution in [3.63, 3.8) is 0 Å².